The van der Waals surface area contributed by atoms with Gasteiger partial charge in [-0.25, -0.2) is 0 Å². The molecule has 0 fully saturated rings. The van der Waals surface area contributed by atoms with Gasteiger partial charge < -0.3 is 14.6 Å². The number of rotatable bonds is 6. The van der Waals surface area contributed by atoms with E-state index >= 15 is 0 Å². The molecule has 0 aliphatic carbocycles. The van der Waals surface area contributed by atoms with Crippen molar-refractivity contribution in [3.63, 3.8) is 0 Å². The van der Waals surface area contributed by atoms with Crippen LogP contribution in [-0.4, -0.2) is 18.7 Å². The third kappa shape index (κ3) is 3.73. The standard InChI is InChI=1S/C31H30N2O/c1-21-14-19-27(32-2)26(20-21)30(23-15-17-24(34-4)18-16-23)31-29(22-10-6-5-7-11-22)25-12-8-9-13-28(25)33(31)3/h5-20,30,32H,1-4H3/t30-/m0/s1. The second-order valence-corrected chi connectivity index (χ2v) is 8.75. The van der Waals surface area contributed by atoms with Gasteiger partial charge in [-0.05, 0) is 47.9 Å². The van der Waals surface area contributed by atoms with Crippen LogP contribution in [0.2, 0.25) is 0 Å². The van der Waals surface area contributed by atoms with E-state index in [2.05, 4.69) is 121 Å². The molecule has 0 spiro atoms. The largest absolute Gasteiger partial charge is 0.497 e. The normalized spacial score (nSPS) is 12.0. The molecule has 5 aromatic rings. The van der Waals surface area contributed by atoms with Gasteiger partial charge in [-0.1, -0.05) is 78.4 Å². The highest BCUT2D eigenvalue weighted by molar-refractivity contribution is 5.99. The molecular weight excluding hydrogens is 416 g/mol. The fourth-order valence-corrected chi connectivity index (χ4v) is 5.09. The Morgan fingerprint density at radius 3 is 2.24 bits per heavy atom. The number of nitrogens with zero attached hydrogens (tertiary/aromatic N) is 1. The van der Waals surface area contributed by atoms with E-state index in [1.54, 1.807) is 7.11 Å². The monoisotopic (exact) mass is 446 g/mol. The Bertz CT molecular complexity index is 1430. The quantitative estimate of drug-likeness (QED) is 0.294. The summed E-state index contributed by atoms with van der Waals surface area (Å²) in [5, 5.41) is 4.71. The smallest absolute Gasteiger partial charge is 0.118 e. The molecule has 0 saturated carbocycles. The van der Waals surface area contributed by atoms with Gasteiger partial charge in [0, 0.05) is 41.9 Å². The Morgan fingerprint density at radius 2 is 1.53 bits per heavy atom. The van der Waals surface area contributed by atoms with Gasteiger partial charge in [0.25, 0.3) is 0 Å². The predicted molar refractivity (Wildman–Crippen MR) is 143 cm³/mol. The summed E-state index contributed by atoms with van der Waals surface area (Å²) in [6.45, 7) is 2.16. The second-order valence-electron chi connectivity index (χ2n) is 8.75. The number of ether oxygens (including phenoxy) is 1. The fourth-order valence-electron chi connectivity index (χ4n) is 5.09. The van der Waals surface area contributed by atoms with Crippen LogP contribution in [0.25, 0.3) is 22.0 Å². The number of fused-ring (bicyclic) bond motifs is 1. The van der Waals surface area contributed by atoms with Gasteiger partial charge in [0.2, 0.25) is 0 Å². The van der Waals surface area contributed by atoms with Crippen LogP contribution in [-0.2, 0) is 7.05 Å². The number of methoxy groups -OCH3 is 1. The van der Waals surface area contributed by atoms with Gasteiger partial charge in [0.05, 0.1) is 13.0 Å². The lowest BCUT2D eigenvalue weighted by atomic mass is 9.83. The highest BCUT2D eigenvalue weighted by Gasteiger charge is 2.28. The average Bonchev–Trinajstić information content (AvgIpc) is 3.17. The molecule has 1 atom stereocenters. The molecule has 0 bridgehead atoms. The number of anilines is 1. The zero-order chi connectivity index (χ0) is 23.7. The van der Waals surface area contributed by atoms with Crippen molar-refractivity contribution in [1.82, 2.24) is 4.57 Å². The first-order valence-corrected chi connectivity index (χ1v) is 11.7. The molecule has 3 heteroatoms. The Kier molecular flexibility index (Phi) is 5.85. The molecule has 1 heterocycles. The molecular formula is C31H30N2O. The van der Waals surface area contributed by atoms with E-state index in [-0.39, 0.29) is 5.92 Å². The van der Waals surface area contributed by atoms with E-state index in [4.69, 9.17) is 4.74 Å². The van der Waals surface area contributed by atoms with Crippen molar-refractivity contribution < 1.29 is 4.74 Å². The number of para-hydroxylation sites is 1. The summed E-state index contributed by atoms with van der Waals surface area (Å²) in [7, 11) is 5.90. The molecule has 170 valence electrons. The van der Waals surface area contributed by atoms with Gasteiger partial charge in [-0.3, -0.25) is 0 Å². The lowest BCUT2D eigenvalue weighted by Crippen LogP contribution is -2.12. The van der Waals surface area contributed by atoms with Crippen LogP contribution in [0.1, 0.15) is 28.3 Å². The summed E-state index contributed by atoms with van der Waals surface area (Å²) in [5.74, 6) is 0.891. The van der Waals surface area contributed by atoms with Crippen LogP contribution in [0, 0.1) is 6.92 Å². The van der Waals surface area contributed by atoms with E-state index in [1.807, 2.05) is 7.05 Å². The number of hydrogen-bond acceptors (Lipinski definition) is 2. The van der Waals surface area contributed by atoms with Gasteiger partial charge >= 0.3 is 0 Å². The van der Waals surface area contributed by atoms with Crippen molar-refractivity contribution in [3.8, 4) is 16.9 Å². The molecule has 5 rings (SSSR count). The van der Waals surface area contributed by atoms with Crippen molar-refractivity contribution in [2.45, 2.75) is 12.8 Å². The van der Waals surface area contributed by atoms with Crippen LogP contribution in [0.15, 0.2) is 97.1 Å². The number of aromatic nitrogens is 1. The van der Waals surface area contributed by atoms with E-state index in [0.717, 1.165) is 11.4 Å². The van der Waals surface area contributed by atoms with Gasteiger partial charge in [-0.2, -0.15) is 0 Å². The first-order chi connectivity index (χ1) is 16.6. The number of aryl methyl sites for hydroxylation is 2. The third-order valence-corrected chi connectivity index (χ3v) is 6.72. The summed E-state index contributed by atoms with van der Waals surface area (Å²) >= 11 is 0. The van der Waals surface area contributed by atoms with Crippen LogP contribution < -0.4 is 10.1 Å². The molecule has 4 aromatic carbocycles. The molecule has 0 aliphatic rings. The molecule has 1 N–H and O–H groups in total. The van der Waals surface area contributed by atoms with Crippen LogP contribution in [0.3, 0.4) is 0 Å². The second kappa shape index (κ2) is 9.11. The molecule has 0 unspecified atom stereocenters. The third-order valence-electron chi connectivity index (χ3n) is 6.72. The van der Waals surface area contributed by atoms with Crippen molar-refractivity contribution in [1.29, 1.82) is 0 Å². The Labute approximate surface area is 201 Å². The minimum Gasteiger partial charge on any atom is -0.497 e. The molecule has 0 saturated heterocycles. The van der Waals surface area contributed by atoms with E-state index in [9.17, 15) is 0 Å². The maximum absolute atomic E-state index is 5.47. The highest BCUT2D eigenvalue weighted by atomic mass is 16.5. The summed E-state index contributed by atoms with van der Waals surface area (Å²) < 4.78 is 7.84. The molecule has 0 aliphatic heterocycles. The summed E-state index contributed by atoms with van der Waals surface area (Å²) in [6.07, 6.45) is 0. The zero-order valence-electron chi connectivity index (χ0n) is 20.2. The van der Waals surface area contributed by atoms with Crippen LogP contribution in [0.4, 0.5) is 5.69 Å². The van der Waals surface area contributed by atoms with Crippen molar-refractivity contribution in [2.75, 3.05) is 19.5 Å². The van der Waals surface area contributed by atoms with E-state index in [0.29, 0.717) is 0 Å². The molecule has 0 amide bonds. The topological polar surface area (TPSA) is 26.2 Å². The Hall–Kier alpha value is -3.98. The summed E-state index contributed by atoms with van der Waals surface area (Å²) in [5.41, 5.74) is 9.88. The first-order valence-electron chi connectivity index (χ1n) is 11.7. The summed E-state index contributed by atoms with van der Waals surface area (Å²) in [6, 6.07) is 34.6. The lowest BCUT2D eigenvalue weighted by molar-refractivity contribution is 0.414. The van der Waals surface area contributed by atoms with Crippen molar-refractivity contribution in [3.05, 3.63) is 119 Å². The maximum Gasteiger partial charge on any atom is 0.118 e. The van der Waals surface area contributed by atoms with Crippen molar-refractivity contribution >= 4 is 16.6 Å². The van der Waals surface area contributed by atoms with Crippen LogP contribution >= 0.6 is 0 Å². The predicted octanol–water partition coefficient (Wildman–Crippen LogP) is 7.38. The Morgan fingerprint density at radius 1 is 0.824 bits per heavy atom. The molecule has 34 heavy (non-hydrogen) atoms. The fraction of sp³-hybridized carbons (Fsp3) is 0.161. The molecule has 3 nitrogen and oxygen atoms in total. The number of benzene rings is 4. The van der Waals surface area contributed by atoms with E-state index in [1.165, 1.54) is 44.4 Å². The lowest BCUT2D eigenvalue weighted by Gasteiger charge is -2.25. The number of hydrogen-bond donors (Lipinski definition) is 1. The van der Waals surface area contributed by atoms with Crippen LogP contribution in [0.5, 0.6) is 5.75 Å². The number of nitrogens with one attached hydrogen (secondary N) is 1. The molecule has 0 radical (unpaired) electrons. The van der Waals surface area contributed by atoms with Crippen molar-refractivity contribution in [2.24, 2.45) is 7.05 Å². The highest BCUT2D eigenvalue weighted by Crippen LogP contribution is 2.45. The SMILES string of the molecule is CNc1ccc(C)cc1[C@H](c1ccc(OC)cc1)c1c(-c2ccccc2)c2ccccc2n1C. The minimum atomic E-state index is 0.0286. The average molecular weight is 447 g/mol. The Balaban J connectivity index is 1.89. The zero-order valence-corrected chi connectivity index (χ0v) is 20.2. The van der Waals surface area contributed by atoms with E-state index < -0.39 is 0 Å². The van der Waals surface area contributed by atoms with Gasteiger partial charge in [0.1, 0.15) is 5.75 Å². The van der Waals surface area contributed by atoms with Gasteiger partial charge in [-0.15, -0.1) is 0 Å². The summed E-state index contributed by atoms with van der Waals surface area (Å²) in [4.78, 5) is 0. The molecule has 1 aromatic heterocycles. The maximum atomic E-state index is 5.47. The van der Waals surface area contributed by atoms with Gasteiger partial charge in [0.15, 0.2) is 0 Å². The first kappa shape index (κ1) is 21.8. The minimum absolute atomic E-state index is 0.0286.